The molecule has 24 heavy (non-hydrogen) atoms. The van der Waals surface area contributed by atoms with E-state index in [1.807, 2.05) is 0 Å². The first-order valence-electron chi connectivity index (χ1n) is 8.48. The van der Waals surface area contributed by atoms with Crippen LogP contribution in [0.2, 0.25) is 0 Å². The Balaban J connectivity index is 1.72. The van der Waals surface area contributed by atoms with Crippen LogP contribution in [0.4, 0.5) is 5.69 Å². The number of nitrogens with zero attached hydrogens (tertiary/aromatic N) is 1. The van der Waals surface area contributed by atoms with Crippen LogP contribution < -0.4 is 10.2 Å². The number of carboxylic acids is 1. The van der Waals surface area contributed by atoms with Gasteiger partial charge in [0, 0.05) is 24.2 Å². The van der Waals surface area contributed by atoms with Crippen molar-refractivity contribution in [1.82, 2.24) is 5.32 Å². The predicted molar refractivity (Wildman–Crippen MR) is 88.9 cm³/mol. The average Bonchev–Trinajstić information content (AvgIpc) is 3.02. The van der Waals surface area contributed by atoms with Gasteiger partial charge in [0.1, 0.15) is 5.54 Å². The molecule has 1 saturated carbocycles. The molecule has 0 radical (unpaired) electrons. The minimum absolute atomic E-state index is 0.0965. The largest absolute Gasteiger partial charge is 0.480 e. The fourth-order valence-corrected chi connectivity index (χ4v) is 3.55. The molecule has 2 aliphatic rings. The third-order valence-electron chi connectivity index (χ3n) is 4.98. The molecule has 0 bridgehead atoms. The van der Waals surface area contributed by atoms with Gasteiger partial charge >= 0.3 is 5.97 Å². The Bertz CT molecular complexity index is 647. The van der Waals surface area contributed by atoms with Crippen LogP contribution in [0, 0.1) is 0 Å². The topological polar surface area (TPSA) is 86.7 Å². The van der Waals surface area contributed by atoms with E-state index < -0.39 is 11.5 Å². The van der Waals surface area contributed by atoms with Gasteiger partial charge in [0.25, 0.3) is 5.91 Å². The molecule has 6 heteroatoms. The molecule has 6 nitrogen and oxygen atoms in total. The van der Waals surface area contributed by atoms with E-state index in [4.69, 9.17) is 0 Å². The van der Waals surface area contributed by atoms with Crippen LogP contribution in [0.1, 0.15) is 55.3 Å². The first kappa shape index (κ1) is 16.5. The van der Waals surface area contributed by atoms with Gasteiger partial charge in [-0.15, -0.1) is 0 Å². The molecule has 1 heterocycles. The van der Waals surface area contributed by atoms with Crippen molar-refractivity contribution in [2.45, 2.75) is 50.5 Å². The van der Waals surface area contributed by atoms with Crippen LogP contribution in [0.5, 0.6) is 0 Å². The zero-order valence-corrected chi connectivity index (χ0v) is 13.6. The molecule has 1 aliphatic carbocycles. The van der Waals surface area contributed by atoms with Crippen molar-refractivity contribution in [2.75, 3.05) is 11.4 Å². The summed E-state index contributed by atoms with van der Waals surface area (Å²) in [5.74, 6) is -1.24. The number of amides is 2. The van der Waals surface area contributed by atoms with E-state index >= 15 is 0 Å². The monoisotopic (exact) mass is 330 g/mol. The van der Waals surface area contributed by atoms with E-state index in [0.29, 0.717) is 31.4 Å². The minimum atomic E-state index is -1.15. The molecular weight excluding hydrogens is 308 g/mol. The van der Waals surface area contributed by atoms with E-state index in [-0.39, 0.29) is 11.8 Å². The Kier molecular flexibility index (Phi) is 4.55. The summed E-state index contributed by atoms with van der Waals surface area (Å²) in [6.45, 7) is 0.701. The molecule has 1 aromatic rings. The fraction of sp³-hybridized carbons (Fsp3) is 0.500. The third kappa shape index (κ3) is 3.13. The van der Waals surface area contributed by atoms with Crippen molar-refractivity contribution in [1.29, 1.82) is 0 Å². The highest BCUT2D eigenvalue weighted by Gasteiger charge is 2.41. The molecule has 1 aromatic carbocycles. The summed E-state index contributed by atoms with van der Waals surface area (Å²) >= 11 is 0. The number of hydrogen-bond donors (Lipinski definition) is 2. The Morgan fingerprint density at radius 2 is 1.71 bits per heavy atom. The Labute approximate surface area is 140 Å². The molecule has 0 spiro atoms. The quantitative estimate of drug-likeness (QED) is 0.887. The number of rotatable bonds is 4. The van der Waals surface area contributed by atoms with Crippen molar-refractivity contribution in [2.24, 2.45) is 0 Å². The normalized spacial score (nSPS) is 20.0. The molecule has 3 rings (SSSR count). The van der Waals surface area contributed by atoms with Gasteiger partial charge in [0.05, 0.1) is 0 Å². The number of carbonyl (C=O) groups excluding carboxylic acids is 2. The molecule has 0 aromatic heterocycles. The molecule has 2 amide bonds. The second kappa shape index (κ2) is 6.63. The van der Waals surface area contributed by atoms with Crippen molar-refractivity contribution in [3.8, 4) is 0 Å². The first-order chi connectivity index (χ1) is 11.5. The standard InChI is InChI=1S/C18H22N2O4/c21-15-5-4-12-20(15)14-8-6-13(7-9-14)16(22)19-18(17(23)24)10-2-1-3-11-18/h6-9H,1-5,10-12H2,(H,19,22)(H,23,24). The molecule has 2 fully saturated rings. The van der Waals surface area contributed by atoms with Gasteiger partial charge in [-0.3, -0.25) is 9.59 Å². The average molecular weight is 330 g/mol. The highest BCUT2D eigenvalue weighted by atomic mass is 16.4. The summed E-state index contributed by atoms with van der Waals surface area (Å²) in [4.78, 5) is 37.6. The van der Waals surface area contributed by atoms with E-state index in [1.54, 1.807) is 29.2 Å². The van der Waals surface area contributed by atoms with Gasteiger partial charge in [-0.1, -0.05) is 19.3 Å². The van der Waals surface area contributed by atoms with E-state index in [1.165, 1.54) is 0 Å². The van der Waals surface area contributed by atoms with Gasteiger partial charge in [-0.25, -0.2) is 4.79 Å². The first-order valence-corrected chi connectivity index (χ1v) is 8.48. The number of benzene rings is 1. The Morgan fingerprint density at radius 3 is 2.25 bits per heavy atom. The van der Waals surface area contributed by atoms with Crippen molar-refractivity contribution in [3.63, 3.8) is 0 Å². The van der Waals surface area contributed by atoms with E-state index in [0.717, 1.165) is 31.4 Å². The van der Waals surface area contributed by atoms with Gasteiger partial charge in [0.2, 0.25) is 5.91 Å². The number of carbonyl (C=O) groups is 3. The van der Waals surface area contributed by atoms with Crippen LogP contribution in [0.15, 0.2) is 24.3 Å². The maximum absolute atomic E-state index is 12.5. The van der Waals surface area contributed by atoms with Gasteiger partial charge in [0.15, 0.2) is 0 Å². The summed E-state index contributed by atoms with van der Waals surface area (Å²) in [7, 11) is 0. The molecule has 0 atom stereocenters. The van der Waals surface area contributed by atoms with Crippen LogP contribution in [-0.2, 0) is 9.59 Å². The smallest absolute Gasteiger partial charge is 0.329 e. The fourth-order valence-electron chi connectivity index (χ4n) is 3.55. The summed E-state index contributed by atoms with van der Waals surface area (Å²) in [6.07, 6.45) is 4.96. The molecule has 1 saturated heterocycles. The van der Waals surface area contributed by atoms with Gasteiger partial charge < -0.3 is 15.3 Å². The van der Waals surface area contributed by atoms with Crippen LogP contribution in [-0.4, -0.2) is 35.0 Å². The second-order valence-corrected chi connectivity index (χ2v) is 6.60. The van der Waals surface area contributed by atoms with Crippen molar-refractivity contribution < 1.29 is 19.5 Å². The second-order valence-electron chi connectivity index (χ2n) is 6.60. The Morgan fingerprint density at radius 1 is 1.04 bits per heavy atom. The number of carboxylic acid groups (broad SMARTS) is 1. The zero-order valence-electron chi connectivity index (χ0n) is 13.6. The number of nitrogens with one attached hydrogen (secondary N) is 1. The summed E-state index contributed by atoms with van der Waals surface area (Å²) in [6, 6.07) is 6.78. The van der Waals surface area contributed by atoms with Crippen LogP contribution in [0.25, 0.3) is 0 Å². The number of aliphatic carboxylic acids is 1. The predicted octanol–water partition coefficient (Wildman–Crippen LogP) is 2.33. The molecule has 0 unspecified atom stereocenters. The number of anilines is 1. The minimum Gasteiger partial charge on any atom is -0.480 e. The van der Waals surface area contributed by atoms with Crippen molar-refractivity contribution >= 4 is 23.5 Å². The lowest BCUT2D eigenvalue weighted by atomic mass is 9.81. The molecule has 2 N–H and O–H groups in total. The molecule has 128 valence electrons. The summed E-state index contributed by atoms with van der Waals surface area (Å²) in [5.41, 5.74) is 0.0371. The third-order valence-corrected chi connectivity index (χ3v) is 4.98. The number of hydrogen-bond acceptors (Lipinski definition) is 3. The summed E-state index contributed by atoms with van der Waals surface area (Å²) in [5, 5.41) is 12.3. The zero-order chi connectivity index (χ0) is 17.2. The van der Waals surface area contributed by atoms with E-state index in [9.17, 15) is 19.5 Å². The Hall–Kier alpha value is -2.37. The lowest BCUT2D eigenvalue weighted by Gasteiger charge is -2.34. The highest BCUT2D eigenvalue weighted by Crippen LogP contribution is 2.29. The van der Waals surface area contributed by atoms with Gasteiger partial charge in [-0.2, -0.15) is 0 Å². The molecular formula is C18H22N2O4. The van der Waals surface area contributed by atoms with E-state index in [2.05, 4.69) is 5.32 Å². The lowest BCUT2D eigenvalue weighted by Crippen LogP contribution is -2.55. The maximum atomic E-state index is 12.5. The SMILES string of the molecule is O=C(NC1(C(=O)O)CCCCC1)c1ccc(N2CCCC2=O)cc1. The van der Waals surface area contributed by atoms with Crippen LogP contribution >= 0.6 is 0 Å². The summed E-state index contributed by atoms with van der Waals surface area (Å²) < 4.78 is 0. The van der Waals surface area contributed by atoms with Crippen LogP contribution in [0.3, 0.4) is 0 Å². The van der Waals surface area contributed by atoms with Gasteiger partial charge in [-0.05, 0) is 43.5 Å². The van der Waals surface area contributed by atoms with Crippen molar-refractivity contribution in [3.05, 3.63) is 29.8 Å². The lowest BCUT2D eigenvalue weighted by molar-refractivity contribution is -0.145. The maximum Gasteiger partial charge on any atom is 0.329 e. The molecule has 1 aliphatic heterocycles. The highest BCUT2D eigenvalue weighted by molar-refractivity contribution is 5.99.